The summed E-state index contributed by atoms with van der Waals surface area (Å²) in [4.78, 5) is 41.5. The van der Waals surface area contributed by atoms with Gasteiger partial charge in [-0.05, 0) is 6.42 Å². The molecule has 19 heavy (non-hydrogen) atoms. The van der Waals surface area contributed by atoms with Crippen molar-refractivity contribution in [1.29, 1.82) is 0 Å². The van der Waals surface area contributed by atoms with Gasteiger partial charge in [0.25, 0.3) is 5.56 Å². The van der Waals surface area contributed by atoms with Crippen molar-refractivity contribution in [2.75, 3.05) is 19.6 Å². The molecule has 10 heteroatoms. The number of aliphatic hydroxyl groups excluding tert-OH is 1. The van der Waals surface area contributed by atoms with E-state index in [-0.39, 0.29) is 19.6 Å². The van der Waals surface area contributed by atoms with Crippen molar-refractivity contribution in [3.05, 3.63) is 33.1 Å². The topological polar surface area (TPSA) is 142 Å². The van der Waals surface area contributed by atoms with Crippen molar-refractivity contribution >= 4 is 7.60 Å². The van der Waals surface area contributed by atoms with E-state index in [1.165, 1.54) is 6.20 Å². The fourth-order valence-corrected chi connectivity index (χ4v) is 1.80. The predicted octanol–water partition coefficient (Wildman–Crippen LogP) is -1.39. The lowest BCUT2D eigenvalue weighted by atomic mass is 10.2. The van der Waals surface area contributed by atoms with Gasteiger partial charge in [0.2, 0.25) is 0 Å². The second-order valence-electron chi connectivity index (χ2n) is 3.84. The molecule has 1 unspecified atom stereocenters. The molecule has 0 aromatic carbocycles. The number of nitrogens with zero attached hydrogens (tertiary/aromatic N) is 1. The highest BCUT2D eigenvalue weighted by Crippen LogP contribution is 2.33. The third-order valence-corrected chi connectivity index (χ3v) is 2.83. The lowest BCUT2D eigenvalue weighted by Crippen LogP contribution is -2.33. The largest absolute Gasteiger partial charge is 0.394 e. The summed E-state index contributed by atoms with van der Waals surface area (Å²) in [5.74, 6) is 0. The quantitative estimate of drug-likeness (QED) is 0.358. The maximum Gasteiger partial charge on any atom is 0.350 e. The molecule has 0 aliphatic heterocycles. The van der Waals surface area contributed by atoms with Gasteiger partial charge >= 0.3 is 13.3 Å². The molecule has 0 saturated heterocycles. The molecule has 0 spiro atoms. The first-order chi connectivity index (χ1) is 8.83. The van der Waals surface area contributed by atoms with Gasteiger partial charge in [0.15, 0.2) is 0 Å². The normalized spacial score (nSPS) is 13.4. The van der Waals surface area contributed by atoms with Crippen LogP contribution in [0.1, 0.15) is 12.5 Å². The Labute approximate surface area is 107 Å². The van der Waals surface area contributed by atoms with Gasteiger partial charge in [0.05, 0.1) is 12.6 Å². The van der Waals surface area contributed by atoms with E-state index >= 15 is 0 Å². The Morgan fingerprint density at radius 1 is 1.42 bits per heavy atom. The van der Waals surface area contributed by atoms with Gasteiger partial charge in [0.1, 0.15) is 6.35 Å². The molecule has 0 aliphatic rings. The van der Waals surface area contributed by atoms with Crippen LogP contribution in [-0.4, -0.2) is 44.0 Å². The van der Waals surface area contributed by atoms with Gasteiger partial charge in [0, 0.05) is 18.9 Å². The van der Waals surface area contributed by atoms with E-state index in [2.05, 4.69) is 0 Å². The first kappa shape index (κ1) is 15.8. The Kier molecular flexibility index (Phi) is 5.64. The molecule has 0 amide bonds. The van der Waals surface area contributed by atoms with Crippen LogP contribution < -0.4 is 11.2 Å². The fraction of sp³-hybridized carbons (Fsp3) is 0.556. The summed E-state index contributed by atoms with van der Waals surface area (Å²) in [6.07, 6.45) is 0.694. The van der Waals surface area contributed by atoms with Gasteiger partial charge in [-0.1, -0.05) is 0 Å². The Hall–Kier alpha value is -1.25. The molecule has 0 aliphatic carbocycles. The molecular formula is C9H15N2O7P. The minimum atomic E-state index is -4.22. The highest BCUT2D eigenvalue weighted by molar-refractivity contribution is 7.51. The van der Waals surface area contributed by atoms with Crippen molar-refractivity contribution in [1.82, 2.24) is 9.55 Å². The average Bonchev–Trinajstić information content (AvgIpc) is 2.29. The van der Waals surface area contributed by atoms with E-state index in [0.29, 0.717) is 0 Å². The van der Waals surface area contributed by atoms with E-state index < -0.39 is 31.2 Å². The van der Waals surface area contributed by atoms with Gasteiger partial charge < -0.3 is 19.6 Å². The van der Waals surface area contributed by atoms with E-state index in [0.717, 1.165) is 10.6 Å². The Morgan fingerprint density at radius 3 is 2.63 bits per heavy atom. The first-order valence-corrected chi connectivity index (χ1v) is 7.18. The second kappa shape index (κ2) is 6.78. The van der Waals surface area contributed by atoms with Gasteiger partial charge in [-0.15, -0.1) is 0 Å². The Bertz CT molecular complexity index is 560. The van der Waals surface area contributed by atoms with Crippen LogP contribution in [0.4, 0.5) is 0 Å². The fourth-order valence-electron chi connectivity index (χ4n) is 1.44. The third-order valence-electron chi connectivity index (χ3n) is 2.31. The van der Waals surface area contributed by atoms with Crippen LogP contribution in [0.5, 0.6) is 0 Å². The van der Waals surface area contributed by atoms with Crippen molar-refractivity contribution in [2.24, 2.45) is 0 Å². The second-order valence-corrected chi connectivity index (χ2v) is 5.43. The van der Waals surface area contributed by atoms with E-state index in [9.17, 15) is 19.3 Å². The maximum atomic E-state index is 11.5. The smallest absolute Gasteiger partial charge is 0.350 e. The van der Waals surface area contributed by atoms with Crippen molar-refractivity contribution in [2.45, 2.75) is 12.5 Å². The monoisotopic (exact) mass is 294 g/mol. The standard InChI is InChI=1S/C9H15N2O7P/c12-5-7(2-4-18-6-19(15,16)17)11-3-1-8(13)10-9(11)14/h1,3,7,12H,2,4-6H2,(H,10,13,14)(H2,15,16,17). The summed E-state index contributed by atoms with van der Waals surface area (Å²) in [5.41, 5.74) is -1.21. The average molecular weight is 294 g/mol. The van der Waals surface area contributed by atoms with E-state index in [1.54, 1.807) is 0 Å². The zero-order valence-corrected chi connectivity index (χ0v) is 10.8. The molecule has 1 atom stereocenters. The number of hydrogen-bond acceptors (Lipinski definition) is 5. The summed E-state index contributed by atoms with van der Waals surface area (Å²) >= 11 is 0. The van der Waals surface area contributed by atoms with Crippen molar-refractivity contribution in [3.63, 3.8) is 0 Å². The summed E-state index contributed by atoms with van der Waals surface area (Å²) in [6, 6.07) is 0.502. The van der Waals surface area contributed by atoms with Crippen molar-refractivity contribution in [3.8, 4) is 0 Å². The highest BCUT2D eigenvalue weighted by Gasteiger charge is 2.15. The zero-order chi connectivity index (χ0) is 14.5. The maximum absolute atomic E-state index is 11.5. The number of aromatic nitrogens is 2. The number of rotatable bonds is 7. The minimum absolute atomic E-state index is 0.0398. The molecule has 4 N–H and O–H groups in total. The van der Waals surface area contributed by atoms with E-state index in [1.807, 2.05) is 4.98 Å². The molecule has 1 heterocycles. The summed E-state index contributed by atoms with van der Waals surface area (Å²) in [5, 5.41) is 9.17. The van der Waals surface area contributed by atoms with Gasteiger partial charge in [-0.2, -0.15) is 0 Å². The molecule has 1 aromatic heterocycles. The van der Waals surface area contributed by atoms with Gasteiger partial charge in [-0.25, -0.2) is 4.79 Å². The van der Waals surface area contributed by atoms with Gasteiger partial charge in [-0.3, -0.25) is 18.9 Å². The van der Waals surface area contributed by atoms with Crippen molar-refractivity contribution < 1.29 is 24.2 Å². The Balaban J connectivity index is 2.61. The first-order valence-electron chi connectivity index (χ1n) is 5.38. The Morgan fingerprint density at radius 2 is 2.11 bits per heavy atom. The molecule has 0 radical (unpaired) electrons. The van der Waals surface area contributed by atoms with Crippen LogP contribution in [0.3, 0.4) is 0 Å². The number of ether oxygens (including phenoxy) is 1. The lowest BCUT2D eigenvalue weighted by molar-refractivity contribution is 0.125. The minimum Gasteiger partial charge on any atom is -0.394 e. The number of aliphatic hydroxyl groups is 1. The molecule has 0 fully saturated rings. The highest BCUT2D eigenvalue weighted by atomic mass is 31.2. The molecule has 1 rings (SSSR count). The van der Waals surface area contributed by atoms with Crippen LogP contribution in [0.15, 0.2) is 21.9 Å². The summed E-state index contributed by atoms with van der Waals surface area (Å²) in [6.45, 7) is -0.410. The lowest BCUT2D eigenvalue weighted by Gasteiger charge is -2.16. The van der Waals surface area contributed by atoms with Crippen LogP contribution in [-0.2, 0) is 9.30 Å². The molecule has 1 aromatic rings. The summed E-state index contributed by atoms with van der Waals surface area (Å²) < 4.78 is 16.4. The van der Waals surface area contributed by atoms with Crippen LogP contribution in [0, 0.1) is 0 Å². The van der Waals surface area contributed by atoms with Crippen LogP contribution in [0.2, 0.25) is 0 Å². The third kappa shape index (κ3) is 5.50. The van der Waals surface area contributed by atoms with E-state index in [4.69, 9.17) is 14.5 Å². The molecular weight excluding hydrogens is 279 g/mol. The number of aromatic amines is 1. The van der Waals surface area contributed by atoms with Crippen LogP contribution in [0.25, 0.3) is 0 Å². The predicted molar refractivity (Wildman–Crippen MR) is 64.9 cm³/mol. The number of nitrogens with one attached hydrogen (secondary N) is 1. The molecule has 9 nitrogen and oxygen atoms in total. The molecule has 108 valence electrons. The molecule has 0 bridgehead atoms. The number of hydrogen-bond donors (Lipinski definition) is 4. The SMILES string of the molecule is O=c1ccn(C(CO)CCOCP(=O)(O)O)c(=O)[nH]1. The zero-order valence-electron chi connectivity index (χ0n) is 9.93. The van der Waals surface area contributed by atoms with Crippen LogP contribution >= 0.6 is 7.60 Å². The summed E-state index contributed by atoms with van der Waals surface area (Å²) in [7, 11) is -4.22. The molecule has 0 saturated carbocycles. The number of H-pyrrole nitrogens is 1.